The average molecular weight is 261 g/mol. The molecule has 0 aliphatic carbocycles. The van der Waals surface area contributed by atoms with Crippen LogP contribution in [0.15, 0.2) is 30.6 Å². The molecular weight excluding hydrogens is 241 g/mol. The second-order valence-electron chi connectivity index (χ2n) is 4.91. The van der Waals surface area contributed by atoms with Gasteiger partial charge in [0.25, 0.3) is 0 Å². The molecule has 102 valence electrons. The number of rotatable bonds is 5. The minimum Gasteiger partial charge on any atom is -0.313 e. The molecule has 0 spiro atoms. The first-order valence-electron chi connectivity index (χ1n) is 6.51. The highest BCUT2D eigenvalue weighted by Gasteiger charge is 2.11. The SMILES string of the molecule is CNC(CCc1cnn(C)c1)c1ccc(F)c(C)c1. The maximum absolute atomic E-state index is 13.3. The monoisotopic (exact) mass is 261 g/mol. The van der Waals surface area contributed by atoms with Crippen molar-refractivity contribution in [2.75, 3.05) is 7.05 Å². The van der Waals surface area contributed by atoms with E-state index in [1.54, 1.807) is 13.0 Å². The molecule has 3 nitrogen and oxygen atoms in total. The number of aryl methyl sites for hydroxylation is 3. The lowest BCUT2D eigenvalue weighted by molar-refractivity contribution is 0.545. The molecule has 19 heavy (non-hydrogen) atoms. The molecule has 1 unspecified atom stereocenters. The van der Waals surface area contributed by atoms with E-state index < -0.39 is 0 Å². The molecule has 1 atom stereocenters. The zero-order chi connectivity index (χ0) is 13.8. The number of nitrogens with zero attached hydrogens (tertiary/aromatic N) is 2. The van der Waals surface area contributed by atoms with E-state index in [9.17, 15) is 4.39 Å². The number of benzene rings is 1. The van der Waals surface area contributed by atoms with E-state index in [-0.39, 0.29) is 11.9 Å². The third kappa shape index (κ3) is 3.41. The quantitative estimate of drug-likeness (QED) is 0.897. The summed E-state index contributed by atoms with van der Waals surface area (Å²) in [6, 6.07) is 5.55. The van der Waals surface area contributed by atoms with Crippen molar-refractivity contribution >= 4 is 0 Å². The van der Waals surface area contributed by atoms with Crippen molar-refractivity contribution in [2.24, 2.45) is 7.05 Å². The van der Waals surface area contributed by atoms with Crippen LogP contribution < -0.4 is 5.32 Å². The third-order valence-corrected chi connectivity index (χ3v) is 3.41. The molecule has 1 heterocycles. The van der Waals surface area contributed by atoms with E-state index in [1.807, 2.05) is 43.3 Å². The van der Waals surface area contributed by atoms with Crippen LogP contribution in [-0.4, -0.2) is 16.8 Å². The van der Waals surface area contributed by atoms with Gasteiger partial charge in [-0.25, -0.2) is 4.39 Å². The average Bonchev–Trinajstić information content (AvgIpc) is 2.80. The summed E-state index contributed by atoms with van der Waals surface area (Å²) in [4.78, 5) is 0. The molecule has 0 fully saturated rings. The van der Waals surface area contributed by atoms with Crippen molar-refractivity contribution in [1.82, 2.24) is 15.1 Å². The standard InChI is InChI=1S/C15H20FN3/c1-11-8-13(5-6-14(11)16)15(17-2)7-4-12-9-18-19(3)10-12/h5-6,8-10,15,17H,4,7H2,1-3H3. The highest BCUT2D eigenvalue weighted by atomic mass is 19.1. The lowest BCUT2D eigenvalue weighted by atomic mass is 9.98. The van der Waals surface area contributed by atoms with Crippen LogP contribution in [-0.2, 0) is 13.5 Å². The smallest absolute Gasteiger partial charge is 0.126 e. The molecule has 0 saturated carbocycles. The van der Waals surface area contributed by atoms with Gasteiger partial charge in [-0.2, -0.15) is 5.10 Å². The Morgan fingerprint density at radius 1 is 1.42 bits per heavy atom. The molecular formula is C15H20FN3. The van der Waals surface area contributed by atoms with Crippen molar-refractivity contribution in [2.45, 2.75) is 25.8 Å². The molecule has 0 amide bonds. The van der Waals surface area contributed by atoms with E-state index >= 15 is 0 Å². The molecule has 1 N–H and O–H groups in total. The van der Waals surface area contributed by atoms with Gasteiger partial charge >= 0.3 is 0 Å². The minimum atomic E-state index is -0.147. The highest BCUT2D eigenvalue weighted by Crippen LogP contribution is 2.21. The van der Waals surface area contributed by atoms with Gasteiger partial charge in [-0.1, -0.05) is 12.1 Å². The van der Waals surface area contributed by atoms with Gasteiger partial charge in [-0.15, -0.1) is 0 Å². The van der Waals surface area contributed by atoms with Gasteiger partial charge in [0.2, 0.25) is 0 Å². The summed E-state index contributed by atoms with van der Waals surface area (Å²) in [5, 5.41) is 7.46. The van der Waals surface area contributed by atoms with Gasteiger partial charge in [0.05, 0.1) is 6.20 Å². The Morgan fingerprint density at radius 3 is 2.79 bits per heavy atom. The summed E-state index contributed by atoms with van der Waals surface area (Å²) < 4.78 is 15.1. The predicted octanol–water partition coefficient (Wildman–Crippen LogP) is 2.76. The Bertz CT molecular complexity index is 548. The fourth-order valence-corrected chi connectivity index (χ4v) is 2.27. The maximum atomic E-state index is 13.3. The predicted molar refractivity (Wildman–Crippen MR) is 74.5 cm³/mol. The number of hydrogen-bond acceptors (Lipinski definition) is 2. The van der Waals surface area contributed by atoms with Gasteiger partial charge in [0.1, 0.15) is 5.82 Å². The third-order valence-electron chi connectivity index (χ3n) is 3.41. The summed E-state index contributed by atoms with van der Waals surface area (Å²) in [5.41, 5.74) is 3.05. The van der Waals surface area contributed by atoms with Crippen molar-refractivity contribution in [3.63, 3.8) is 0 Å². The van der Waals surface area contributed by atoms with Gasteiger partial charge in [0, 0.05) is 19.3 Å². The van der Waals surface area contributed by atoms with Crippen LogP contribution in [0.1, 0.15) is 29.2 Å². The Morgan fingerprint density at radius 2 is 2.21 bits per heavy atom. The lowest BCUT2D eigenvalue weighted by Gasteiger charge is -2.17. The topological polar surface area (TPSA) is 29.9 Å². The second kappa shape index (κ2) is 5.97. The van der Waals surface area contributed by atoms with E-state index in [1.165, 1.54) is 5.56 Å². The van der Waals surface area contributed by atoms with Crippen LogP contribution in [0.2, 0.25) is 0 Å². The Hall–Kier alpha value is -1.68. The number of hydrogen-bond donors (Lipinski definition) is 1. The zero-order valence-corrected chi connectivity index (χ0v) is 11.7. The molecule has 0 aliphatic rings. The Balaban J connectivity index is 2.05. The van der Waals surface area contributed by atoms with E-state index in [0.29, 0.717) is 5.56 Å². The lowest BCUT2D eigenvalue weighted by Crippen LogP contribution is -2.17. The summed E-state index contributed by atoms with van der Waals surface area (Å²) in [7, 11) is 3.86. The largest absolute Gasteiger partial charge is 0.313 e. The fourth-order valence-electron chi connectivity index (χ4n) is 2.27. The summed E-state index contributed by atoms with van der Waals surface area (Å²) in [6.07, 6.45) is 5.84. The van der Waals surface area contributed by atoms with Crippen LogP contribution in [0.4, 0.5) is 4.39 Å². The molecule has 0 aliphatic heterocycles. The molecule has 0 bridgehead atoms. The van der Waals surface area contributed by atoms with Crippen LogP contribution in [0.25, 0.3) is 0 Å². The van der Waals surface area contributed by atoms with Crippen molar-refractivity contribution < 1.29 is 4.39 Å². The molecule has 0 saturated heterocycles. The maximum Gasteiger partial charge on any atom is 0.126 e. The molecule has 2 rings (SSSR count). The molecule has 4 heteroatoms. The van der Waals surface area contributed by atoms with Crippen LogP contribution >= 0.6 is 0 Å². The molecule has 2 aromatic rings. The summed E-state index contributed by atoms with van der Waals surface area (Å²) >= 11 is 0. The first kappa shape index (κ1) is 13.7. The number of halogens is 1. The molecule has 0 radical (unpaired) electrons. The highest BCUT2D eigenvalue weighted by molar-refractivity contribution is 5.26. The first-order valence-corrected chi connectivity index (χ1v) is 6.51. The molecule has 1 aromatic carbocycles. The van der Waals surface area contributed by atoms with Gasteiger partial charge in [-0.3, -0.25) is 4.68 Å². The van der Waals surface area contributed by atoms with Gasteiger partial charge in [-0.05, 0) is 49.6 Å². The van der Waals surface area contributed by atoms with E-state index in [0.717, 1.165) is 18.4 Å². The fraction of sp³-hybridized carbons (Fsp3) is 0.400. The van der Waals surface area contributed by atoms with Crippen molar-refractivity contribution in [3.8, 4) is 0 Å². The first-order chi connectivity index (χ1) is 9.10. The van der Waals surface area contributed by atoms with E-state index in [2.05, 4.69) is 10.4 Å². The number of aromatic nitrogens is 2. The van der Waals surface area contributed by atoms with Gasteiger partial charge < -0.3 is 5.32 Å². The Labute approximate surface area is 113 Å². The molecule has 1 aromatic heterocycles. The van der Waals surface area contributed by atoms with Crippen LogP contribution in [0.5, 0.6) is 0 Å². The van der Waals surface area contributed by atoms with Crippen molar-refractivity contribution in [3.05, 3.63) is 53.1 Å². The Kier molecular flexibility index (Phi) is 4.32. The summed E-state index contributed by atoms with van der Waals surface area (Å²) in [6.45, 7) is 1.80. The normalized spacial score (nSPS) is 12.6. The number of nitrogens with one attached hydrogen (secondary N) is 1. The zero-order valence-electron chi connectivity index (χ0n) is 11.7. The second-order valence-corrected chi connectivity index (χ2v) is 4.91. The summed E-state index contributed by atoms with van der Waals surface area (Å²) in [5.74, 6) is -0.147. The van der Waals surface area contributed by atoms with E-state index in [4.69, 9.17) is 0 Å². The van der Waals surface area contributed by atoms with Crippen LogP contribution in [0.3, 0.4) is 0 Å². The minimum absolute atomic E-state index is 0.147. The van der Waals surface area contributed by atoms with Crippen molar-refractivity contribution in [1.29, 1.82) is 0 Å². The van der Waals surface area contributed by atoms with Gasteiger partial charge in [0.15, 0.2) is 0 Å². The van der Waals surface area contributed by atoms with Crippen LogP contribution in [0, 0.1) is 12.7 Å².